The number of thiophene rings is 1. The first-order valence-corrected chi connectivity index (χ1v) is 10.5. The van der Waals surface area contributed by atoms with Crippen LogP contribution in [0.3, 0.4) is 0 Å². The lowest BCUT2D eigenvalue weighted by Gasteiger charge is -2.25. The van der Waals surface area contributed by atoms with Gasteiger partial charge in [-0.3, -0.25) is 5.32 Å². The van der Waals surface area contributed by atoms with Crippen LogP contribution in [0.15, 0.2) is 24.3 Å². The molecule has 28 heavy (non-hydrogen) atoms. The third-order valence-corrected chi connectivity index (χ3v) is 6.77. The van der Waals surface area contributed by atoms with E-state index >= 15 is 0 Å². The number of fused-ring (bicyclic) bond motifs is 1. The highest BCUT2D eigenvalue weighted by Gasteiger charge is 2.33. The topological polar surface area (TPSA) is 58.6 Å². The molecule has 1 N–H and O–H groups in total. The van der Waals surface area contributed by atoms with E-state index in [0.717, 1.165) is 49.0 Å². The number of hydrogen-bond acceptors (Lipinski definition) is 4. The van der Waals surface area contributed by atoms with Crippen molar-refractivity contribution in [2.45, 2.75) is 44.6 Å². The van der Waals surface area contributed by atoms with Crippen molar-refractivity contribution in [2.24, 2.45) is 0 Å². The van der Waals surface area contributed by atoms with Gasteiger partial charge in [-0.25, -0.2) is 14.0 Å². The lowest BCUT2D eigenvalue weighted by Crippen LogP contribution is -2.35. The van der Waals surface area contributed by atoms with Crippen LogP contribution in [-0.4, -0.2) is 30.6 Å². The minimum Gasteiger partial charge on any atom is -0.465 e. The van der Waals surface area contributed by atoms with Crippen LogP contribution in [-0.2, 0) is 17.6 Å². The lowest BCUT2D eigenvalue weighted by molar-refractivity contribution is 0.0601. The fourth-order valence-corrected chi connectivity index (χ4v) is 5.49. The summed E-state index contributed by atoms with van der Waals surface area (Å²) in [5, 5.41) is 3.47. The summed E-state index contributed by atoms with van der Waals surface area (Å²) in [6, 6.07) is 6.00. The Kier molecular flexibility index (Phi) is 5.35. The van der Waals surface area contributed by atoms with Crippen molar-refractivity contribution in [1.29, 1.82) is 0 Å². The predicted molar refractivity (Wildman–Crippen MR) is 106 cm³/mol. The number of aryl methyl sites for hydroxylation is 1. The number of benzene rings is 1. The summed E-state index contributed by atoms with van der Waals surface area (Å²) in [6.07, 6.45) is 5.40. The molecule has 0 radical (unpaired) electrons. The van der Waals surface area contributed by atoms with Crippen LogP contribution >= 0.6 is 11.3 Å². The quantitative estimate of drug-likeness (QED) is 0.741. The molecule has 2 aromatic rings. The van der Waals surface area contributed by atoms with Gasteiger partial charge < -0.3 is 9.64 Å². The largest absolute Gasteiger partial charge is 0.465 e. The first-order chi connectivity index (χ1) is 13.6. The van der Waals surface area contributed by atoms with Crippen LogP contribution in [0.25, 0.3) is 0 Å². The van der Waals surface area contributed by atoms with Crippen LogP contribution in [0, 0.1) is 5.82 Å². The number of carbonyl (C=O) groups is 2. The minimum atomic E-state index is -0.415. The molecule has 4 rings (SSSR count). The summed E-state index contributed by atoms with van der Waals surface area (Å²) >= 11 is 1.46. The molecular formula is C21H23FN2O3S. The van der Waals surface area contributed by atoms with E-state index in [1.165, 1.54) is 24.5 Å². The van der Waals surface area contributed by atoms with Crippen molar-refractivity contribution in [3.8, 4) is 0 Å². The van der Waals surface area contributed by atoms with Gasteiger partial charge >= 0.3 is 12.0 Å². The molecule has 148 valence electrons. The fourth-order valence-electron chi connectivity index (χ4n) is 4.22. The SMILES string of the molecule is COC(=O)c1c(NC(=O)N2CCC[C@H]2c2ccccc2F)sc2c1CCCC2. The molecule has 0 unspecified atom stereocenters. The third kappa shape index (κ3) is 3.39. The number of nitrogens with one attached hydrogen (secondary N) is 1. The van der Waals surface area contributed by atoms with Crippen molar-refractivity contribution in [2.75, 3.05) is 19.0 Å². The number of ether oxygens (including phenoxy) is 1. The second-order valence-corrected chi connectivity index (χ2v) is 8.31. The van der Waals surface area contributed by atoms with Crippen LogP contribution in [0.5, 0.6) is 0 Å². The van der Waals surface area contributed by atoms with Gasteiger partial charge in [-0.15, -0.1) is 11.3 Å². The van der Waals surface area contributed by atoms with E-state index in [1.54, 1.807) is 23.1 Å². The zero-order chi connectivity index (χ0) is 19.7. The highest BCUT2D eigenvalue weighted by atomic mass is 32.1. The molecule has 1 aliphatic carbocycles. The van der Waals surface area contributed by atoms with Gasteiger partial charge in [0.15, 0.2) is 0 Å². The standard InChI is InChI=1S/C21H23FN2O3S/c1-27-20(25)18-14-8-3-5-11-17(14)28-19(18)23-21(26)24-12-6-10-16(24)13-7-2-4-9-15(13)22/h2,4,7,9,16H,3,5-6,8,10-12H2,1H3,(H,23,26)/t16-/m0/s1. The summed E-state index contributed by atoms with van der Waals surface area (Å²) in [7, 11) is 1.36. The van der Waals surface area contributed by atoms with Gasteiger partial charge in [0.1, 0.15) is 10.8 Å². The molecule has 1 atom stereocenters. The highest BCUT2D eigenvalue weighted by molar-refractivity contribution is 7.17. The second kappa shape index (κ2) is 7.91. The maximum Gasteiger partial charge on any atom is 0.341 e. The average molecular weight is 402 g/mol. The van der Waals surface area contributed by atoms with Gasteiger partial charge in [0, 0.05) is 17.0 Å². The normalized spacial score (nSPS) is 18.6. The van der Waals surface area contributed by atoms with Gasteiger partial charge in [-0.05, 0) is 50.2 Å². The van der Waals surface area contributed by atoms with Crippen LogP contribution in [0.2, 0.25) is 0 Å². The van der Waals surface area contributed by atoms with Crippen molar-refractivity contribution in [1.82, 2.24) is 4.90 Å². The van der Waals surface area contributed by atoms with Gasteiger partial charge in [0.2, 0.25) is 0 Å². The first kappa shape index (κ1) is 18.9. The Hall–Kier alpha value is -2.41. The average Bonchev–Trinajstić information content (AvgIpc) is 3.32. The highest BCUT2D eigenvalue weighted by Crippen LogP contribution is 2.40. The monoisotopic (exact) mass is 402 g/mol. The zero-order valence-electron chi connectivity index (χ0n) is 15.8. The molecule has 1 aromatic heterocycles. The van der Waals surface area contributed by atoms with E-state index < -0.39 is 5.97 Å². The molecule has 7 heteroatoms. The van der Waals surface area contributed by atoms with Crippen LogP contribution < -0.4 is 5.32 Å². The fraction of sp³-hybridized carbons (Fsp3) is 0.429. The van der Waals surface area contributed by atoms with Gasteiger partial charge in [0.05, 0.1) is 18.7 Å². The van der Waals surface area contributed by atoms with E-state index in [-0.39, 0.29) is 17.9 Å². The van der Waals surface area contributed by atoms with Gasteiger partial charge in [-0.1, -0.05) is 18.2 Å². The summed E-state index contributed by atoms with van der Waals surface area (Å²) in [4.78, 5) is 28.2. The van der Waals surface area contributed by atoms with E-state index in [2.05, 4.69) is 5.32 Å². The molecule has 1 saturated heterocycles. The molecule has 2 aliphatic rings. The van der Waals surface area contributed by atoms with Crippen LogP contribution in [0.1, 0.15) is 58.1 Å². The number of rotatable bonds is 3. The number of likely N-dealkylation sites (tertiary alicyclic amines) is 1. The van der Waals surface area contributed by atoms with Gasteiger partial charge in [0.25, 0.3) is 0 Å². The number of anilines is 1. The number of esters is 1. The molecule has 0 spiro atoms. The number of carbonyl (C=O) groups excluding carboxylic acids is 2. The van der Waals surface area contributed by atoms with Crippen molar-refractivity contribution < 1.29 is 18.7 Å². The Morgan fingerprint density at radius 3 is 2.79 bits per heavy atom. The smallest absolute Gasteiger partial charge is 0.341 e. The van der Waals surface area contributed by atoms with Crippen LogP contribution in [0.4, 0.5) is 14.2 Å². The molecule has 1 fully saturated rings. The first-order valence-electron chi connectivity index (χ1n) is 9.65. The summed E-state index contributed by atoms with van der Waals surface area (Å²) in [5.41, 5.74) is 2.02. The zero-order valence-corrected chi connectivity index (χ0v) is 16.6. The molecule has 1 aliphatic heterocycles. The second-order valence-electron chi connectivity index (χ2n) is 7.21. The molecule has 2 amide bonds. The van der Waals surface area contributed by atoms with Crippen molar-refractivity contribution >= 4 is 28.3 Å². The molecule has 0 bridgehead atoms. The Morgan fingerprint density at radius 2 is 2.00 bits per heavy atom. The van der Waals surface area contributed by atoms with Crippen molar-refractivity contribution in [3.63, 3.8) is 0 Å². The number of halogens is 1. The maximum atomic E-state index is 14.3. The predicted octanol–water partition coefficient (Wildman–Crippen LogP) is 4.92. The number of amides is 2. The molecule has 2 heterocycles. The number of methoxy groups -OCH3 is 1. The molecule has 1 aromatic carbocycles. The molecule has 5 nitrogen and oxygen atoms in total. The Morgan fingerprint density at radius 1 is 1.21 bits per heavy atom. The third-order valence-electron chi connectivity index (χ3n) is 5.56. The van der Waals surface area contributed by atoms with E-state index in [0.29, 0.717) is 22.7 Å². The van der Waals surface area contributed by atoms with E-state index in [9.17, 15) is 14.0 Å². The Labute approximate surface area is 167 Å². The summed E-state index contributed by atoms with van der Waals surface area (Å²) < 4.78 is 19.2. The number of hydrogen-bond donors (Lipinski definition) is 1. The van der Waals surface area contributed by atoms with E-state index in [1.807, 2.05) is 0 Å². The molecule has 0 saturated carbocycles. The Bertz CT molecular complexity index is 911. The lowest BCUT2D eigenvalue weighted by atomic mass is 9.95. The van der Waals surface area contributed by atoms with E-state index in [4.69, 9.17) is 4.74 Å². The summed E-state index contributed by atoms with van der Waals surface area (Å²) in [5.74, 6) is -0.712. The minimum absolute atomic E-state index is 0.294. The maximum absolute atomic E-state index is 14.3. The Balaban J connectivity index is 1.61. The van der Waals surface area contributed by atoms with Crippen molar-refractivity contribution in [3.05, 3.63) is 51.7 Å². The van der Waals surface area contributed by atoms with Gasteiger partial charge in [-0.2, -0.15) is 0 Å². The number of urea groups is 1. The number of nitrogens with zero attached hydrogens (tertiary/aromatic N) is 1. The summed E-state index contributed by atoms with van der Waals surface area (Å²) in [6.45, 7) is 0.559. The molecular weight excluding hydrogens is 379 g/mol.